The molecular weight excluding hydrogens is 430 g/mol. The second kappa shape index (κ2) is 8.44. The molecule has 0 aliphatic rings. The number of rotatable bonds is 8. The van der Waals surface area contributed by atoms with Gasteiger partial charge in [0.05, 0.1) is 17.5 Å². The van der Waals surface area contributed by atoms with E-state index in [-0.39, 0.29) is 10.2 Å². The first kappa shape index (κ1) is 22.1. The molecule has 1 atom stereocenters. The van der Waals surface area contributed by atoms with Crippen LogP contribution in [-0.2, 0) is 15.7 Å². The van der Waals surface area contributed by atoms with Gasteiger partial charge in [-0.1, -0.05) is 30.3 Å². The molecule has 8 nitrogen and oxygen atoms in total. The molecule has 32 heavy (non-hydrogen) atoms. The Bertz CT molecular complexity index is 1350. The van der Waals surface area contributed by atoms with Gasteiger partial charge in [-0.05, 0) is 42.8 Å². The average Bonchev–Trinajstić information content (AvgIpc) is 3.13. The molecule has 1 aromatic heterocycles. The maximum absolute atomic E-state index is 11.4. The van der Waals surface area contributed by atoms with Crippen molar-refractivity contribution in [3.05, 3.63) is 72.3 Å². The van der Waals surface area contributed by atoms with E-state index in [2.05, 4.69) is 16.4 Å². The van der Waals surface area contributed by atoms with E-state index >= 15 is 0 Å². The van der Waals surface area contributed by atoms with Crippen molar-refractivity contribution >= 4 is 37.5 Å². The summed E-state index contributed by atoms with van der Waals surface area (Å²) >= 11 is 0. The first-order valence-corrected chi connectivity index (χ1v) is 11.9. The number of nitrogens with zero attached hydrogens (tertiary/aromatic N) is 1. The number of nitrogens with one attached hydrogen (secondary N) is 2. The van der Waals surface area contributed by atoms with Gasteiger partial charge in [0, 0.05) is 28.9 Å². The van der Waals surface area contributed by atoms with Gasteiger partial charge >= 0.3 is 0 Å². The summed E-state index contributed by atoms with van der Waals surface area (Å²) in [5.41, 5.74) is 1.31. The molecule has 4 N–H and O–H groups in total. The van der Waals surface area contributed by atoms with Crippen LogP contribution in [0.2, 0.25) is 0 Å². The van der Waals surface area contributed by atoms with Gasteiger partial charge in [-0.25, -0.2) is 8.42 Å². The van der Waals surface area contributed by atoms with Gasteiger partial charge in [0.2, 0.25) is 0 Å². The molecule has 9 heteroatoms. The van der Waals surface area contributed by atoms with Crippen molar-refractivity contribution in [2.75, 3.05) is 23.9 Å². The number of para-hydroxylation sites is 1. The van der Waals surface area contributed by atoms with Gasteiger partial charge in [0.25, 0.3) is 10.0 Å². The van der Waals surface area contributed by atoms with Crippen molar-refractivity contribution in [3.63, 3.8) is 0 Å². The monoisotopic (exact) mass is 455 g/mol. The van der Waals surface area contributed by atoms with E-state index < -0.39 is 15.7 Å². The summed E-state index contributed by atoms with van der Waals surface area (Å²) in [5, 5.41) is 25.7. The van der Waals surface area contributed by atoms with Crippen LogP contribution in [0.25, 0.3) is 21.8 Å². The molecule has 1 heterocycles. The second-order valence-electron chi connectivity index (χ2n) is 7.78. The van der Waals surface area contributed by atoms with Crippen LogP contribution in [-0.4, -0.2) is 43.1 Å². The van der Waals surface area contributed by atoms with E-state index in [0.717, 1.165) is 28.4 Å². The Morgan fingerprint density at radius 1 is 1.03 bits per heavy atom. The van der Waals surface area contributed by atoms with Crippen molar-refractivity contribution in [2.24, 2.45) is 0 Å². The molecular formula is C23H25N3O5S. The van der Waals surface area contributed by atoms with E-state index in [1.807, 2.05) is 36.4 Å². The van der Waals surface area contributed by atoms with Crippen molar-refractivity contribution in [3.8, 4) is 5.75 Å². The van der Waals surface area contributed by atoms with Gasteiger partial charge in [-0.3, -0.25) is 10.5 Å². The molecule has 4 aromatic rings. The summed E-state index contributed by atoms with van der Waals surface area (Å²) < 4.78 is 28.9. The fraction of sp³-hybridized carbons (Fsp3) is 0.217. The van der Waals surface area contributed by atoms with E-state index in [1.165, 1.54) is 17.5 Å². The van der Waals surface area contributed by atoms with E-state index in [4.69, 9.17) is 4.74 Å². The number of fused-ring (bicyclic) bond motifs is 3. The lowest BCUT2D eigenvalue weighted by atomic mass is 10.0. The van der Waals surface area contributed by atoms with E-state index in [0.29, 0.717) is 18.7 Å². The highest BCUT2D eigenvalue weighted by atomic mass is 32.2. The predicted octanol–water partition coefficient (Wildman–Crippen LogP) is 3.31. The van der Waals surface area contributed by atoms with Crippen LogP contribution in [0.15, 0.2) is 66.7 Å². The zero-order valence-corrected chi connectivity index (χ0v) is 18.6. The Kier molecular flexibility index (Phi) is 5.83. The summed E-state index contributed by atoms with van der Waals surface area (Å²) in [6.07, 6.45) is 0.897. The molecule has 0 saturated carbocycles. The van der Waals surface area contributed by atoms with Gasteiger partial charge in [0.1, 0.15) is 18.1 Å². The number of H-pyrrole nitrogens is 1. The van der Waals surface area contributed by atoms with Crippen molar-refractivity contribution in [2.45, 2.75) is 12.6 Å². The number of hydrogen-bond acceptors (Lipinski definition) is 6. The fourth-order valence-electron chi connectivity index (χ4n) is 3.59. The maximum atomic E-state index is 11.4. The number of hydrogen-bond donors (Lipinski definition) is 4. The van der Waals surface area contributed by atoms with E-state index in [9.17, 15) is 18.7 Å². The van der Waals surface area contributed by atoms with Crippen LogP contribution >= 0.6 is 0 Å². The highest BCUT2D eigenvalue weighted by Gasteiger charge is 2.23. The van der Waals surface area contributed by atoms with Gasteiger partial charge < -0.3 is 14.8 Å². The van der Waals surface area contributed by atoms with Crippen molar-refractivity contribution < 1.29 is 23.5 Å². The predicted molar refractivity (Wildman–Crippen MR) is 124 cm³/mol. The Morgan fingerprint density at radius 2 is 1.72 bits per heavy atom. The molecule has 0 saturated heterocycles. The van der Waals surface area contributed by atoms with Crippen LogP contribution in [0.3, 0.4) is 0 Å². The molecule has 0 unspecified atom stereocenters. The highest BCUT2D eigenvalue weighted by Crippen LogP contribution is 2.28. The Labute approximate surface area is 186 Å². The lowest BCUT2D eigenvalue weighted by molar-refractivity contribution is 0.0169. The third kappa shape index (κ3) is 4.56. The van der Waals surface area contributed by atoms with Crippen molar-refractivity contribution in [1.82, 2.24) is 10.3 Å². The summed E-state index contributed by atoms with van der Waals surface area (Å²) in [6, 6.07) is 19.9. The smallest absolute Gasteiger partial charge is 0.254 e. The van der Waals surface area contributed by atoms with Crippen LogP contribution in [0.4, 0.5) is 5.69 Å². The first-order valence-electron chi connectivity index (χ1n) is 10.1. The minimum Gasteiger partial charge on any atom is -0.492 e. The highest BCUT2D eigenvalue weighted by molar-refractivity contribution is 7.91. The molecule has 0 aliphatic carbocycles. The molecule has 0 radical (unpaired) electrons. The van der Waals surface area contributed by atoms with Gasteiger partial charge in [-0.2, -0.15) is 0 Å². The minimum atomic E-state index is -3.78. The molecule has 0 aliphatic heterocycles. The number of aliphatic hydroxyl groups is 1. The SMILES string of the molecule is C[C@](O)(NCCOc1ccc2c(c1)[nH]c1ccccc12)c1ccc(N(O)S(C)(=O)=O)cc1. The largest absolute Gasteiger partial charge is 0.492 e. The lowest BCUT2D eigenvalue weighted by Gasteiger charge is -2.26. The normalized spacial score (nSPS) is 13.9. The zero-order valence-electron chi connectivity index (χ0n) is 17.7. The quantitative estimate of drug-likeness (QED) is 0.184. The number of anilines is 1. The minimum absolute atomic E-state index is 0.0859. The number of ether oxygens (including phenoxy) is 1. The number of sulfonamides is 1. The van der Waals surface area contributed by atoms with Crippen LogP contribution in [0.5, 0.6) is 5.75 Å². The standard InChI is InChI=1S/C23H25N3O5S/c1-23(27,16-7-9-17(10-8-16)26(28)32(2,29)30)24-13-14-31-18-11-12-20-19-5-3-4-6-21(19)25-22(20)15-18/h3-12,15,24-25,27-28H,13-14H2,1-2H3/t23-/m1/s1. The van der Waals surface area contributed by atoms with Crippen molar-refractivity contribution in [1.29, 1.82) is 0 Å². The summed E-state index contributed by atoms with van der Waals surface area (Å²) in [5.74, 6) is 0.721. The lowest BCUT2D eigenvalue weighted by Crippen LogP contribution is -2.41. The second-order valence-corrected chi connectivity index (χ2v) is 9.59. The summed E-state index contributed by atoms with van der Waals surface area (Å²) in [4.78, 5) is 3.38. The Balaban J connectivity index is 1.36. The van der Waals surface area contributed by atoms with Crippen LogP contribution < -0.4 is 14.5 Å². The zero-order chi connectivity index (χ0) is 22.9. The molecule has 0 fully saturated rings. The average molecular weight is 456 g/mol. The molecule has 4 rings (SSSR count). The van der Waals surface area contributed by atoms with Crippen LogP contribution in [0, 0.1) is 0 Å². The fourth-order valence-corrected chi connectivity index (χ4v) is 4.10. The Morgan fingerprint density at radius 3 is 2.44 bits per heavy atom. The number of aromatic nitrogens is 1. The third-order valence-electron chi connectivity index (χ3n) is 5.28. The number of aromatic amines is 1. The van der Waals surface area contributed by atoms with Gasteiger partial charge in [-0.15, -0.1) is 4.47 Å². The summed E-state index contributed by atoms with van der Waals surface area (Å²) in [6.45, 7) is 2.29. The third-order valence-corrected chi connectivity index (χ3v) is 6.12. The van der Waals surface area contributed by atoms with Crippen LogP contribution in [0.1, 0.15) is 12.5 Å². The molecule has 0 spiro atoms. The summed E-state index contributed by atoms with van der Waals surface area (Å²) in [7, 11) is -3.78. The molecule has 0 amide bonds. The molecule has 3 aromatic carbocycles. The topological polar surface area (TPSA) is 115 Å². The first-order chi connectivity index (χ1) is 15.1. The number of benzene rings is 3. The molecule has 168 valence electrons. The maximum Gasteiger partial charge on any atom is 0.254 e. The molecule has 0 bridgehead atoms. The van der Waals surface area contributed by atoms with E-state index in [1.54, 1.807) is 19.1 Å². The van der Waals surface area contributed by atoms with Gasteiger partial charge in [0.15, 0.2) is 0 Å². The Hall–Kier alpha value is -3.11.